The minimum absolute atomic E-state index is 0.0458. The molecule has 1 aliphatic rings. The number of carbonyl (C=O) groups excluding carboxylic acids is 1. The predicted octanol–water partition coefficient (Wildman–Crippen LogP) is 0.819. The number of hydrogen-bond donors (Lipinski definition) is 1. The molecule has 0 saturated heterocycles. The fraction of sp³-hybridized carbons (Fsp3) is 0.462. The second-order valence-electron chi connectivity index (χ2n) is 4.79. The third kappa shape index (κ3) is 2.20. The van der Waals surface area contributed by atoms with Gasteiger partial charge in [-0.1, -0.05) is 13.8 Å². The molecule has 5 nitrogen and oxygen atoms in total. The monoisotopic (exact) mass is 247 g/mol. The van der Waals surface area contributed by atoms with Crippen LogP contribution in [-0.2, 0) is 18.0 Å². The van der Waals surface area contributed by atoms with Crippen LogP contribution >= 0.6 is 0 Å². The van der Waals surface area contributed by atoms with Gasteiger partial charge in [0.05, 0.1) is 5.69 Å². The van der Waals surface area contributed by atoms with Crippen molar-refractivity contribution in [2.24, 2.45) is 10.9 Å². The lowest BCUT2D eigenvalue weighted by molar-refractivity contribution is -0.124. The van der Waals surface area contributed by atoms with Gasteiger partial charge in [-0.05, 0) is 18.6 Å². The number of amides is 1. The minimum atomic E-state index is -0.0779. The maximum Gasteiger partial charge on any atom is 0.257 e. The normalized spacial score (nSPS) is 12.9. The topological polar surface area (TPSA) is 63.5 Å². The van der Waals surface area contributed by atoms with Gasteiger partial charge in [0.15, 0.2) is 0 Å². The average Bonchev–Trinajstić information content (AvgIpc) is 2.76. The van der Waals surface area contributed by atoms with E-state index in [4.69, 9.17) is 0 Å². The molecule has 0 spiro atoms. The van der Waals surface area contributed by atoms with Gasteiger partial charge in [-0.3, -0.25) is 19.1 Å². The molecule has 1 amide bonds. The van der Waals surface area contributed by atoms with Crippen LogP contribution in [0.15, 0.2) is 15.9 Å². The number of pyridine rings is 1. The lowest BCUT2D eigenvalue weighted by atomic mass is 10.1. The number of nitrogens with zero attached hydrogens (tertiary/aromatic N) is 2. The molecule has 1 aromatic heterocycles. The Kier molecular flexibility index (Phi) is 3.32. The van der Waals surface area contributed by atoms with Crippen molar-refractivity contribution < 1.29 is 4.79 Å². The highest BCUT2D eigenvalue weighted by Gasteiger charge is 2.15. The zero-order valence-electron chi connectivity index (χ0n) is 10.9. The van der Waals surface area contributed by atoms with Crippen LogP contribution in [0.3, 0.4) is 0 Å². The molecule has 0 aromatic carbocycles. The summed E-state index contributed by atoms with van der Waals surface area (Å²) >= 11 is 0. The van der Waals surface area contributed by atoms with Gasteiger partial charge in [-0.15, -0.1) is 0 Å². The first kappa shape index (κ1) is 12.5. The van der Waals surface area contributed by atoms with E-state index in [-0.39, 0.29) is 23.9 Å². The zero-order chi connectivity index (χ0) is 13.3. The quantitative estimate of drug-likeness (QED) is 0.859. The molecule has 0 bridgehead atoms. The summed E-state index contributed by atoms with van der Waals surface area (Å²) in [6, 6.07) is 1.93. The molecule has 0 saturated carbocycles. The Hall–Kier alpha value is -1.91. The van der Waals surface area contributed by atoms with E-state index >= 15 is 0 Å². The Morgan fingerprint density at radius 1 is 1.56 bits per heavy atom. The summed E-state index contributed by atoms with van der Waals surface area (Å²) in [6.07, 6.45) is 1.70. The molecule has 2 rings (SSSR count). The van der Waals surface area contributed by atoms with Gasteiger partial charge in [0, 0.05) is 24.2 Å². The van der Waals surface area contributed by atoms with Crippen molar-refractivity contribution in [3.05, 3.63) is 33.2 Å². The van der Waals surface area contributed by atoms with Crippen molar-refractivity contribution in [3.63, 3.8) is 0 Å². The van der Waals surface area contributed by atoms with Crippen molar-refractivity contribution in [1.29, 1.82) is 0 Å². The first-order valence-corrected chi connectivity index (χ1v) is 6.01. The van der Waals surface area contributed by atoms with Crippen molar-refractivity contribution in [3.8, 4) is 0 Å². The van der Waals surface area contributed by atoms with Crippen molar-refractivity contribution in [2.75, 3.05) is 0 Å². The summed E-state index contributed by atoms with van der Waals surface area (Å²) in [5.74, 6) is -0.124. The van der Waals surface area contributed by atoms with E-state index < -0.39 is 0 Å². The molecule has 96 valence electrons. The molecule has 0 unspecified atom stereocenters. The Balaban J connectivity index is 2.25. The van der Waals surface area contributed by atoms with Gasteiger partial charge < -0.3 is 5.32 Å². The molecule has 5 heteroatoms. The zero-order valence-corrected chi connectivity index (χ0v) is 10.9. The van der Waals surface area contributed by atoms with Crippen LogP contribution in [0.25, 0.3) is 0 Å². The highest BCUT2D eigenvalue weighted by molar-refractivity contribution is 5.79. The molecular formula is C13H17N3O2. The molecule has 0 aliphatic carbocycles. The molecule has 1 N–H and O–H groups in total. The van der Waals surface area contributed by atoms with Gasteiger partial charge in [0.1, 0.15) is 6.67 Å². The first-order valence-electron chi connectivity index (χ1n) is 6.01. The van der Waals surface area contributed by atoms with E-state index in [1.807, 2.05) is 26.8 Å². The molecular weight excluding hydrogens is 230 g/mol. The second-order valence-corrected chi connectivity index (χ2v) is 4.79. The predicted molar refractivity (Wildman–Crippen MR) is 69.7 cm³/mol. The van der Waals surface area contributed by atoms with Crippen LogP contribution in [0.2, 0.25) is 0 Å². The maximum atomic E-state index is 12.2. The van der Waals surface area contributed by atoms with E-state index in [0.717, 1.165) is 11.3 Å². The summed E-state index contributed by atoms with van der Waals surface area (Å²) in [7, 11) is 0. The fourth-order valence-corrected chi connectivity index (χ4v) is 1.90. The number of nitrogens with one attached hydrogen (secondary N) is 1. The molecule has 0 radical (unpaired) electrons. The highest BCUT2D eigenvalue weighted by atomic mass is 16.2. The fourth-order valence-electron chi connectivity index (χ4n) is 1.90. The standard InChI is InChI=1S/C13H17N3O2/c1-8(2)12(17)15-6-11-9(3)4-10-5-14-7-16(10)13(11)18/h4-5,8H,6-7H2,1-3H3,(H,15,17). The lowest BCUT2D eigenvalue weighted by Crippen LogP contribution is -2.33. The largest absolute Gasteiger partial charge is 0.352 e. The minimum Gasteiger partial charge on any atom is -0.352 e. The molecule has 0 atom stereocenters. The van der Waals surface area contributed by atoms with E-state index in [0.29, 0.717) is 12.2 Å². The van der Waals surface area contributed by atoms with Crippen LogP contribution in [0.5, 0.6) is 0 Å². The molecule has 1 aromatic rings. The number of aliphatic imine (C=N–C) groups is 1. The van der Waals surface area contributed by atoms with E-state index in [1.165, 1.54) is 0 Å². The number of rotatable bonds is 3. The van der Waals surface area contributed by atoms with Crippen LogP contribution in [0.1, 0.15) is 30.7 Å². The summed E-state index contributed by atoms with van der Waals surface area (Å²) in [4.78, 5) is 27.8. The van der Waals surface area contributed by atoms with Crippen LogP contribution < -0.4 is 10.9 Å². The van der Waals surface area contributed by atoms with E-state index in [9.17, 15) is 9.59 Å². The number of hydrogen-bond acceptors (Lipinski definition) is 3. The molecule has 2 heterocycles. The number of aromatic nitrogens is 1. The van der Waals surface area contributed by atoms with Gasteiger partial charge in [0.2, 0.25) is 5.91 Å². The van der Waals surface area contributed by atoms with Crippen molar-refractivity contribution >= 4 is 12.1 Å². The van der Waals surface area contributed by atoms with Crippen molar-refractivity contribution in [2.45, 2.75) is 34.0 Å². The second kappa shape index (κ2) is 4.76. The number of fused-ring (bicyclic) bond motifs is 1. The summed E-state index contributed by atoms with van der Waals surface area (Å²) in [5, 5.41) is 2.78. The van der Waals surface area contributed by atoms with E-state index in [1.54, 1.807) is 10.8 Å². The lowest BCUT2D eigenvalue weighted by Gasteiger charge is -2.11. The van der Waals surface area contributed by atoms with Crippen LogP contribution in [-0.4, -0.2) is 16.7 Å². The third-order valence-corrected chi connectivity index (χ3v) is 3.07. The van der Waals surface area contributed by atoms with Crippen LogP contribution in [0, 0.1) is 12.8 Å². The van der Waals surface area contributed by atoms with Gasteiger partial charge in [-0.2, -0.15) is 0 Å². The van der Waals surface area contributed by atoms with Crippen LogP contribution in [0.4, 0.5) is 0 Å². The van der Waals surface area contributed by atoms with Gasteiger partial charge in [0.25, 0.3) is 5.56 Å². The highest BCUT2D eigenvalue weighted by Crippen LogP contribution is 2.09. The Labute approximate surface area is 106 Å². The third-order valence-electron chi connectivity index (χ3n) is 3.07. The molecule has 1 aliphatic heterocycles. The smallest absolute Gasteiger partial charge is 0.257 e. The maximum absolute atomic E-state index is 12.2. The Morgan fingerprint density at radius 2 is 2.28 bits per heavy atom. The number of carbonyl (C=O) groups is 1. The van der Waals surface area contributed by atoms with Gasteiger partial charge >= 0.3 is 0 Å². The Morgan fingerprint density at radius 3 is 2.94 bits per heavy atom. The Bertz CT molecular complexity index is 570. The summed E-state index contributed by atoms with van der Waals surface area (Å²) < 4.78 is 1.61. The van der Waals surface area contributed by atoms with E-state index in [2.05, 4.69) is 10.3 Å². The number of aryl methyl sites for hydroxylation is 1. The molecule has 18 heavy (non-hydrogen) atoms. The average molecular weight is 247 g/mol. The summed E-state index contributed by atoms with van der Waals surface area (Å²) in [6.45, 7) is 6.18. The first-order chi connectivity index (χ1) is 8.50. The SMILES string of the molecule is Cc1cc2n(c(=O)c1CNC(=O)C(C)C)CN=C2. The van der Waals surface area contributed by atoms with Crippen molar-refractivity contribution in [1.82, 2.24) is 9.88 Å². The molecule has 0 fully saturated rings. The summed E-state index contributed by atoms with van der Waals surface area (Å²) in [5.41, 5.74) is 2.30. The van der Waals surface area contributed by atoms with Gasteiger partial charge in [-0.25, -0.2) is 0 Å².